The molecule has 0 aliphatic heterocycles. The standard InChI is InChI=1S/C4H2BrNO3.H2O/c5-4-6-1-2(9-4)3(7)8;/h1H,(H,7,8);1H2. The van der Waals surface area contributed by atoms with Gasteiger partial charge >= 0.3 is 5.97 Å². The average Bonchev–Trinajstić information content (AvgIpc) is 2.14. The zero-order valence-electron chi connectivity index (χ0n) is 4.67. The van der Waals surface area contributed by atoms with Gasteiger partial charge in [0.15, 0.2) is 0 Å². The first-order valence-electron chi connectivity index (χ1n) is 2.05. The Morgan fingerprint density at radius 1 is 1.80 bits per heavy atom. The molecule has 0 aromatic carbocycles. The molecule has 0 saturated heterocycles. The van der Waals surface area contributed by atoms with Crippen molar-refractivity contribution >= 4 is 21.9 Å². The normalized spacial score (nSPS) is 8.50. The molecule has 0 atom stereocenters. The molecule has 10 heavy (non-hydrogen) atoms. The Morgan fingerprint density at radius 3 is 2.60 bits per heavy atom. The molecule has 1 heterocycles. The number of hydrogen-bond donors (Lipinski definition) is 1. The van der Waals surface area contributed by atoms with Gasteiger partial charge in [-0.05, 0) is 0 Å². The highest BCUT2D eigenvalue weighted by Gasteiger charge is 2.07. The van der Waals surface area contributed by atoms with Crippen LogP contribution in [0.1, 0.15) is 10.6 Å². The molecule has 0 radical (unpaired) electrons. The zero-order valence-corrected chi connectivity index (χ0v) is 6.25. The summed E-state index contributed by atoms with van der Waals surface area (Å²) < 4.78 is 4.55. The smallest absolute Gasteiger partial charge is 0.373 e. The highest BCUT2D eigenvalue weighted by atomic mass is 79.9. The van der Waals surface area contributed by atoms with E-state index in [-0.39, 0.29) is 16.0 Å². The molecule has 5 nitrogen and oxygen atoms in total. The summed E-state index contributed by atoms with van der Waals surface area (Å²) in [4.78, 5) is 13.7. The van der Waals surface area contributed by atoms with Gasteiger partial charge in [-0.1, -0.05) is 0 Å². The zero-order chi connectivity index (χ0) is 6.85. The van der Waals surface area contributed by atoms with E-state index >= 15 is 0 Å². The number of nitrogens with zero attached hydrogens (tertiary/aromatic N) is 1. The maximum atomic E-state index is 10.1. The first-order chi connectivity index (χ1) is 4.20. The van der Waals surface area contributed by atoms with Crippen LogP contribution < -0.4 is 0 Å². The van der Waals surface area contributed by atoms with Crippen LogP contribution >= 0.6 is 15.9 Å². The van der Waals surface area contributed by atoms with E-state index in [1.165, 1.54) is 0 Å². The number of aromatic nitrogens is 1. The van der Waals surface area contributed by atoms with Gasteiger partial charge in [-0.2, -0.15) is 0 Å². The van der Waals surface area contributed by atoms with Crippen molar-refractivity contribution in [1.29, 1.82) is 0 Å². The molecular weight excluding hydrogens is 206 g/mol. The Morgan fingerprint density at radius 2 is 2.40 bits per heavy atom. The molecule has 0 bridgehead atoms. The Bertz CT molecular complexity index is 233. The summed E-state index contributed by atoms with van der Waals surface area (Å²) in [7, 11) is 0. The largest absolute Gasteiger partial charge is 0.475 e. The lowest BCUT2D eigenvalue weighted by Gasteiger charge is -1.79. The van der Waals surface area contributed by atoms with Crippen LogP contribution in [-0.4, -0.2) is 21.5 Å². The number of carbonyl (C=O) groups is 1. The molecule has 1 aromatic rings. The topological polar surface area (TPSA) is 94.8 Å². The van der Waals surface area contributed by atoms with Crippen molar-refractivity contribution in [3.8, 4) is 0 Å². The fraction of sp³-hybridized carbons (Fsp3) is 0. The summed E-state index contributed by atoms with van der Waals surface area (Å²) >= 11 is 2.86. The number of halogens is 1. The molecular formula is C4H4BrNO4. The molecule has 1 rings (SSSR count). The van der Waals surface area contributed by atoms with Gasteiger partial charge in [0.05, 0.1) is 6.20 Å². The number of aromatic carboxylic acids is 1. The van der Waals surface area contributed by atoms with Crippen LogP contribution in [0.25, 0.3) is 0 Å². The van der Waals surface area contributed by atoms with Crippen LogP contribution in [0.5, 0.6) is 0 Å². The van der Waals surface area contributed by atoms with E-state index in [0.29, 0.717) is 0 Å². The van der Waals surface area contributed by atoms with E-state index in [9.17, 15) is 4.79 Å². The minimum Gasteiger partial charge on any atom is -0.475 e. The lowest BCUT2D eigenvalue weighted by Crippen LogP contribution is -1.91. The second-order valence-electron chi connectivity index (χ2n) is 1.28. The Kier molecular flexibility index (Phi) is 3.04. The van der Waals surface area contributed by atoms with Crippen LogP contribution in [0.15, 0.2) is 15.4 Å². The lowest BCUT2D eigenvalue weighted by molar-refractivity contribution is 0.0661. The van der Waals surface area contributed by atoms with Crippen LogP contribution in [-0.2, 0) is 0 Å². The maximum absolute atomic E-state index is 10.1. The van der Waals surface area contributed by atoms with Gasteiger partial charge < -0.3 is 15.0 Å². The summed E-state index contributed by atoms with van der Waals surface area (Å²) in [6, 6.07) is 0. The fourth-order valence-electron chi connectivity index (χ4n) is 0.352. The van der Waals surface area contributed by atoms with Gasteiger partial charge in [0.2, 0.25) is 5.76 Å². The predicted molar refractivity (Wildman–Crippen MR) is 34.8 cm³/mol. The number of rotatable bonds is 1. The van der Waals surface area contributed by atoms with Gasteiger partial charge in [-0.15, -0.1) is 0 Å². The molecule has 6 heteroatoms. The molecule has 0 unspecified atom stereocenters. The first kappa shape index (κ1) is 9.12. The first-order valence-corrected chi connectivity index (χ1v) is 2.84. The van der Waals surface area contributed by atoms with E-state index in [1.54, 1.807) is 0 Å². The molecule has 0 saturated carbocycles. The molecule has 0 aliphatic carbocycles. The number of carboxylic acids is 1. The van der Waals surface area contributed by atoms with E-state index in [1.807, 2.05) is 0 Å². The minimum absolute atomic E-state index is 0. The predicted octanol–water partition coefficient (Wildman–Crippen LogP) is 0.311. The average molecular weight is 210 g/mol. The SMILES string of the molecule is O.O=C(O)c1cnc(Br)o1. The molecule has 0 amide bonds. The van der Waals surface area contributed by atoms with Crippen molar-refractivity contribution in [1.82, 2.24) is 4.98 Å². The van der Waals surface area contributed by atoms with Crippen molar-refractivity contribution < 1.29 is 19.8 Å². The van der Waals surface area contributed by atoms with Crippen molar-refractivity contribution in [2.75, 3.05) is 0 Å². The van der Waals surface area contributed by atoms with Crippen molar-refractivity contribution in [2.24, 2.45) is 0 Å². The van der Waals surface area contributed by atoms with Crippen molar-refractivity contribution in [3.05, 3.63) is 16.8 Å². The van der Waals surface area contributed by atoms with Gasteiger partial charge in [0.1, 0.15) is 0 Å². The maximum Gasteiger partial charge on any atom is 0.373 e. The molecule has 1 aromatic heterocycles. The molecule has 0 spiro atoms. The highest BCUT2D eigenvalue weighted by Crippen LogP contribution is 2.08. The Balaban J connectivity index is 0.000000810. The van der Waals surface area contributed by atoms with Crippen molar-refractivity contribution in [3.63, 3.8) is 0 Å². The van der Waals surface area contributed by atoms with Gasteiger partial charge in [-0.25, -0.2) is 9.78 Å². The Hall–Kier alpha value is -0.880. The quantitative estimate of drug-likeness (QED) is 0.721. The number of carboxylic acid groups (broad SMARTS) is 1. The second kappa shape index (κ2) is 3.33. The van der Waals surface area contributed by atoms with Crippen LogP contribution in [0.4, 0.5) is 0 Å². The molecule has 3 N–H and O–H groups in total. The van der Waals surface area contributed by atoms with Crippen LogP contribution in [0.2, 0.25) is 0 Å². The Labute approximate surface area is 64.1 Å². The van der Waals surface area contributed by atoms with Crippen LogP contribution in [0, 0.1) is 0 Å². The summed E-state index contributed by atoms with van der Waals surface area (Å²) in [5.41, 5.74) is 0. The molecule has 0 fully saturated rings. The summed E-state index contributed by atoms with van der Waals surface area (Å²) in [5, 5.41) is 8.24. The van der Waals surface area contributed by atoms with E-state index in [4.69, 9.17) is 5.11 Å². The minimum atomic E-state index is -1.12. The summed E-state index contributed by atoms with van der Waals surface area (Å²) in [6.45, 7) is 0. The lowest BCUT2D eigenvalue weighted by atomic mass is 10.5. The third kappa shape index (κ3) is 1.82. The highest BCUT2D eigenvalue weighted by molar-refractivity contribution is 9.10. The fourth-order valence-corrected chi connectivity index (χ4v) is 0.628. The monoisotopic (exact) mass is 209 g/mol. The van der Waals surface area contributed by atoms with E-state index in [2.05, 4.69) is 25.3 Å². The summed E-state index contributed by atoms with van der Waals surface area (Å²) in [5.74, 6) is -1.28. The van der Waals surface area contributed by atoms with E-state index < -0.39 is 5.97 Å². The third-order valence-electron chi connectivity index (χ3n) is 0.688. The summed E-state index contributed by atoms with van der Waals surface area (Å²) in [6.07, 6.45) is 1.13. The molecule has 56 valence electrons. The third-order valence-corrected chi connectivity index (χ3v) is 1.05. The van der Waals surface area contributed by atoms with Gasteiger partial charge in [0, 0.05) is 15.9 Å². The number of hydrogen-bond acceptors (Lipinski definition) is 3. The van der Waals surface area contributed by atoms with Crippen LogP contribution in [0.3, 0.4) is 0 Å². The van der Waals surface area contributed by atoms with Gasteiger partial charge in [0.25, 0.3) is 4.80 Å². The number of oxazole rings is 1. The van der Waals surface area contributed by atoms with Crippen molar-refractivity contribution in [2.45, 2.75) is 0 Å². The van der Waals surface area contributed by atoms with E-state index in [0.717, 1.165) is 6.20 Å². The second-order valence-corrected chi connectivity index (χ2v) is 1.96. The molecule has 0 aliphatic rings. The van der Waals surface area contributed by atoms with Gasteiger partial charge in [-0.3, -0.25) is 0 Å².